The molecule has 4 nitrogen and oxygen atoms in total. The molecular weight excluding hydrogens is 218 g/mol. The first-order chi connectivity index (χ1) is 8.12. The number of rotatable bonds is 4. The van der Waals surface area contributed by atoms with E-state index in [0.29, 0.717) is 19.4 Å². The summed E-state index contributed by atoms with van der Waals surface area (Å²) in [5, 5.41) is 9.49. The lowest BCUT2D eigenvalue weighted by molar-refractivity contribution is -0.160. The van der Waals surface area contributed by atoms with Crippen LogP contribution in [-0.4, -0.2) is 34.0 Å². The zero-order valence-electron chi connectivity index (χ0n) is 10.4. The van der Waals surface area contributed by atoms with Gasteiger partial charge in [0, 0.05) is 12.5 Å². The predicted molar refractivity (Wildman–Crippen MR) is 63.6 cm³/mol. The van der Waals surface area contributed by atoms with Gasteiger partial charge >= 0.3 is 5.97 Å². The Bertz CT molecular complexity index is 325. The third kappa shape index (κ3) is 1.94. The fraction of sp³-hybridized carbons (Fsp3) is 0.846. The van der Waals surface area contributed by atoms with Gasteiger partial charge in [0.05, 0.1) is 0 Å². The van der Waals surface area contributed by atoms with Crippen LogP contribution in [0.3, 0.4) is 0 Å². The number of carbonyl (C=O) groups excluding carboxylic acids is 1. The zero-order valence-corrected chi connectivity index (χ0v) is 10.4. The maximum Gasteiger partial charge on any atom is 0.329 e. The van der Waals surface area contributed by atoms with Crippen molar-refractivity contribution in [3.63, 3.8) is 0 Å². The predicted octanol–water partition coefficient (Wildman–Crippen LogP) is 2.03. The van der Waals surface area contributed by atoms with E-state index in [9.17, 15) is 14.7 Å². The lowest BCUT2D eigenvalue weighted by atomic mass is 9.82. The Labute approximate surface area is 102 Å². The molecule has 1 unspecified atom stereocenters. The van der Waals surface area contributed by atoms with E-state index in [1.54, 1.807) is 4.90 Å². The van der Waals surface area contributed by atoms with Crippen molar-refractivity contribution < 1.29 is 14.7 Å². The van der Waals surface area contributed by atoms with Crippen LogP contribution in [0.25, 0.3) is 0 Å². The highest BCUT2D eigenvalue weighted by Crippen LogP contribution is 2.38. The van der Waals surface area contributed by atoms with Crippen molar-refractivity contribution in [3.8, 4) is 0 Å². The number of carboxylic acids is 1. The summed E-state index contributed by atoms with van der Waals surface area (Å²) >= 11 is 0. The first-order valence-electron chi connectivity index (χ1n) is 6.66. The van der Waals surface area contributed by atoms with Gasteiger partial charge in [-0.3, -0.25) is 4.79 Å². The third-order valence-corrected chi connectivity index (χ3v) is 4.27. The van der Waals surface area contributed by atoms with Crippen LogP contribution >= 0.6 is 0 Å². The normalized spacial score (nSPS) is 29.1. The Balaban J connectivity index is 2.18. The van der Waals surface area contributed by atoms with E-state index in [2.05, 4.69) is 0 Å². The first-order valence-corrected chi connectivity index (χ1v) is 6.66. The van der Waals surface area contributed by atoms with Gasteiger partial charge in [-0.25, -0.2) is 4.79 Å². The number of aliphatic carboxylic acids is 1. The third-order valence-electron chi connectivity index (χ3n) is 4.27. The van der Waals surface area contributed by atoms with Crippen molar-refractivity contribution in [1.29, 1.82) is 0 Å². The molecule has 1 heterocycles. The lowest BCUT2D eigenvalue weighted by Crippen LogP contribution is -2.55. The summed E-state index contributed by atoms with van der Waals surface area (Å²) in [5.74, 6) is -0.627. The standard InChI is InChI=1S/C13H21NO3/c1-2-7-13(12(16)17)8-4-9-14(13)11(15)10-5-3-6-10/h10H,2-9H2,1H3,(H,16,17). The zero-order chi connectivity index (χ0) is 12.5. The molecule has 2 rings (SSSR count). The molecule has 1 aliphatic carbocycles. The molecule has 0 radical (unpaired) electrons. The van der Waals surface area contributed by atoms with E-state index in [0.717, 1.165) is 32.1 Å². The minimum Gasteiger partial charge on any atom is -0.479 e. The molecule has 1 N–H and O–H groups in total. The average Bonchev–Trinajstić information content (AvgIpc) is 2.60. The summed E-state index contributed by atoms with van der Waals surface area (Å²) < 4.78 is 0. The van der Waals surface area contributed by atoms with E-state index in [1.165, 1.54) is 0 Å². The van der Waals surface area contributed by atoms with Crippen LogP contribution in [0, 0.1) is 5.92 Å². The number of hydrogen-bond acceptors (Lipinski definition) is 2. The van der Waals surface area contributed by atoms with Gasteiger partial charge in [0.1, 0.15) is 5.54 Å². The molecule has 1 saturated heterocycles. The lowest BCUT2D eigenvalue weighted by Gasteiger charge is -2.38. The molecule has 1 atom stereocenters. The van der Waals surface area contributed by atoms with E-state index in [-0.39, 0.29) is 11.8 Å². The van der Waals surface area contributed by atoms with E-state index in [1.807, 2.05) is 6.92 Å². The van der Waals surface area contributed by atoms with Crippen molar-refractivity contribution in [1.82, 2.24) is 4.90 Å². The van der Waals surface area contributed by atoms with Crippen molar-refractivity contribution in [2.45, 2.75) is 57.4 Å². The molecule has 1 aliphatic heterocycles. The molecule has 1 saturated carbocycles. The molecule has 1 amide bonds. The summed E-state index contributed by atoms with van der Waals surface area (Å²) in [6.45, 7) is 2.61. The monoisotopic (exact) mass is 239 g/mol. The van der Waals surface area contributed by atoms with Gasteiger partial charge in [0.25, 0.3) is 0 Å². The van der Waals surface area contributed by atoms with Crippen LogP contribution in [0.5, 0.6) is 0 Å². The second kappa shape index (κ2) is 4.67. The molecule has 0 aromatic heterocycles. The van der Waals surface area contributed by atoms with E-state index < -0.39 is 11.5 Å². The molecule has 0 bridgehead atoms. The number of amides is 1. The Morgan fingerprint density at radius 1 is 1.35 bits per heavy atom. The highest BCUT2D eigenvalue weighted by atomic mass is 16.4. The molecule has 2 fully saturated rings. The first kappa shape index (κ1) is 12.4. The molecule has 17 heavy (non-hydrogen) atoms. The van der Waals surface area contributed by atoms with Crippen LogP contribution in [0.2, 0.25) is 0 Å². The SMILES string of the molecule is CCCC1(C(=O)O)CCCN1C(=O)C1CCC1. The van der Waals surface area contributed by atoms with Gasteiger partial charge in [-0.05, 0) is 32.1 Å². The number of carboxylic acid groups (broad SMARTS) is 1. The molecular formula is C13H21NO3. The van der Waals surface area contributed by atoms with Crippen molar-refractivity contribution >= 4 is 11.9 Å². The minimum absolute atomic E-state index is 0.0876. The largest absolute Gasteiger partial charge is 0.479 e. The quantitative estimate of drug-likeness (QED) is 0.816. The summed E-state index contributed by atoms with van der Waals surface area (Å²) in [6, 6.07) is 0. The summed E-state index contributed by atoms with van der Waals surface area (Å²) in [7, 11) is 0. The van der Waals surface area contributed by atoms with Gasteiger partial charge in [0.15, 0.2) is 0 Å². The van der Waals surface area contributed by atoms with Crippen LogP contribution in [0.1, 0.15) is 51.9 Å². The van der Waals surface area contributed by atoms with Gasteiger partial charge in [-0.2, -0.15) is 0 Å². The summed E-state index contributed by atoms with van der Waals surface area (Å²) in [5.41, 5.74) is -0.901. The summed E-state index contributed by atoms with van der Waals surface area (Å²) in [4.78, 5) is 25.5. The highest BCUT2D eigenvalue weighted by Gasteiger charge is 2.50. The average molecular weight is 239 g/mol. The number of likely N-dealkylation sites (tertiary alicyclic amines) is 1. The van der Waals surface area contributed by atoms with Gasteiger partial charge in [-0.15, -0.1) is 0 Å². The minimum atomic E-state index is -0.901. The molecule has 4 heteroatoms. The number of hydrogen-bond donors (Lipinski definition) is 1. The molecule has 2 aliphatic rings. The van der Waals surface area contributed by atoms with Gasteiger partial charge in [-0.1, -0.05) is 19.8 Å². The Morgan fingerprint density at radius 3 is 2.53 bits per heavy atom. The second-order valence-corrected chi connectivity index (χ2v) is 5.31. The fourth-order valence-electron chi connectivity index (χ4n) is 3.08. The van der Waals surface area contributed by atoms with Crippen LogP contribution in [0.4, 0.5) is 0 Å². The topological polar surface area (TPSA) is 57.6 Å². The van der Waals surface area contributed by atoms with Crippen molar-refractivity contribution in [2.24, 2.45) is 5.92 Å². The smallest absolute Gasteiger partial charge is 0.329 e. The van der Waals surface area contributed by atoms with Crippen LogP contribution < -0.4 is 0 Å². The number of nitrogens with zero attached hydrogens (tertiary/aromatic N) is 1. The number of carbonyl (C=O) groups is 2. The van der Waals surface area contributed by atoms with E-state index >= 15 is 0 Å². The maximum absolute atomic E-state index is 12.3. The van der Waals surface area contributed by atoms with Crippen molar-refractivity contribution in [3.05, 3.63) is 0 Å². The highest BCUT2D eigenvalue weighted by molar-refractivity contribution is 5.89. The fourth-order valence-corrected chi connectivity index (χ4v) is 3.08. The Morgan fingerprint density at radius 2 is 2.06 bits per heavy atom. The Kier molecular flexibility index (Phi) is 3.40. The van der Waals surface area contributed by atoms with E-state index in [4.69, 9.17) is 0 Å². The molecule has 96 valence electrons. The van der Waals surface area contributed by atoms with Gasteiger partial charge < -0.3 is 10.0 Å². The van der Waals surface area contributed by atoms with Gasteiger partial charge in [0.2, 0.25) is 5.91 Å². The molecule has 0 spiro atoms. The molecule has 0 aromatic carbocycles. The van der Waals surface area contributed by atoms with Crippen molar-refractivity contribution in [2.75, 3.05) is 6.54 Å². The molecule has 0 aromatic rings. The second-order valence-electron chi connectivity index (χ2n) is 5.31. The summed E-state index contributed by atoms with van der Waals surface area (Å²) in [6.07, 6.45) is 5.83. The van der Waals surface area contributed by atoms with Crippen LogP contribution in [0.15, 0.2) is 0 Å². The maximum atomic E-state index is 12.3. The Hall–Kier alpha value is -1.06. The van der Waals surface area contributed by atoms with Crippen LogP contribution in [-0.2, 0) is 9.59 Å².